The lowest BCUT2D eigenvalue weighted by Crippen LogP contribution is -2.37. The number of fused-ring (bicyclic) bond motifs is 1. The Morgan fingerprint density at radius 3 is 2.68 bits per heavy atom. The number of amides is 1. The smallest absolute Gasteiger partial charge is 0.303 e. The second-order valence-electron chi connectivity index (χ2n) is 7.32. The summed E-state index contributed by atoms with van der Waals surface area (Å²) in [5.74, 6) is -0.320. The van der Waals surface area contributed by atoms with Crippen molar-refractivity contribution in [2.75, 3.05) is 0 Å². The molecule has 1 aromatic carbocycles. The first-order valence-corrected chi connectivity index (χ1v) is 9.34. The van der Waals surface area contributed by atoms with Gasteiger partial charge < -0.3 is 15.2 Å². The average molecular weight is 345 g/mol. The highest BCUT2D eigenvalue weighted by atomic mass is 16.5. The second-order valence-corrected chi connectivity index (χ2v) is 7.32. The third-order valence-electron chi connectivity index (χ3n) is 5.37. The fourth-order valence-electron chi connectivity index (χ4n) is 3.95. The number of ether oxygens (including phenoxy) is 1. The summed E-state index contributed by atoms with van der Waals surface area (Å²) >= 11 is 0. The Hall–Kier alpha value is -1.88. The van der Waals surface area contributed by atoms with E-state index in [9.17, 15) is 9.59 Å². The van der Waals surface area contributed by atoms with Crippen molar-refractivity contribution < 1.29 is 19.4 Å². The average Bonchev–Trinajstić information content (AvgIpc) is 3.08. The molecule has 1 aliphatic heterocycles. The number of carbonyl (C=O) groups excluding carboxylic acids is 1. The van der Waals surface area contributed by atoms with Crippen LogP contribution in [0.3, 0.4) is 0 Å². The van der Waals surface area contributed by atoms with E-state index in [4.69, 9.17) is 9.84 Å². The summed E-state index contributed by atoms with van der Waals surface area (Å²) in [6.07, 6.45) is 7.63. The Balaban J connectivity index is 1.63. The van der Waals surface area contributed by atoms with Crippen LogP contribution in [0.1, 0.15) is 72.9 Å². The maximum absolute atomic E-state index is 12.6. The zero-order valence-electron chi connectivity index (χ0n) is 14.6. The van der Waals surface area contributed by atoms with Gasteiger partial charge in [0, 0.05) is 18.0 Å². The highest BCUT2D eigenvalue weighted by molar-refractivity contribution is 5.94. The Bertz CT molecular complexity index is 622. The van der Waals surface area contributed by atoms with Crippen molar-refractivity contribution in [1.29, 1.82) is 0 Å². The molecule has 1 fully saturated rings. The van der Waals surface area contributed by atoms with Crippen LogP contribution in [0.25, 0.3) is 0 Å². The molecule has 0 aromatic heterocycles. The van der Waals surface area contributed by atoms with Gasteiger partial charge in [-0.05, 0) is 42.0 Å². The minimum absolute atomic E-state index is 0.0730. The van der Waals surface area contributed by atoms with Crippen molar-refractivity contribution in [3.8, 4) is 0 Å². The molecule has 3 rings (SSSR count). The summed E-state index contributed by atoms with van der Waals surface area (Å²) in [6.45, 7) is 1.17. The molecular formula is C20H27NO4. The largest absolute Gasteiger partial charge is 0.481 e. The number of hydrogen-bond acceptors (Lipinski definition) is 3. The molecule has 1 amide bonds. The van der Waals surface area contributed by atoms with Crippen LogP contribution in [-0.4, -0.2) is 23.0 Å². The van der Waals surface area contributed by atoms with E-state index < -0.39 is 5.97 Å². The Morgan fingerprint density at radius 2 is 1.92 bits per heavy atom. The van der Waals surface area contributed by atoms with Crippen LogP contribution in [0.2, 0.25) is 0 Å². The quantitative estimate of drug-likeness (QED) is 0.791. The van der Waals surface area contributed by atoms with E-state index in [0.717, 1.165) is 17.5 Å². The molecule has 2 aliphatic rings. The zero-order valence-corrected chi connectivity index (χ0v) is 14.6. The minimum Gasteiger partial charge on any atom is -0.481 e. The van der Waals surface area contributed by atoms with Gasteiger partial charge in [-0.1, -0.05) is 38.2 Å². The Kier molecular flexibility index (Phi) is 6.08. The number of hydrogen-bond donors (Lipinski definition) is 2. The topological polar surface area (TPSA) is 75.6 Å². The third-order valence-corrected chi connectivity index (χ3v) is 5.37. The molecule has 1 aromatic rings. The van der Waals surface area contributed by atoms with Crippen molar-refractivity contribution in [2.45, 2.75) is 70.6 Å². The van der Waals surface area contributed by atoms with E-state index in [1.165, 1.54) is 32.1 Å². The molecule has 1 aliphatic carbocycles. The molecule has 1 atom stereocenters. The second kappa shape index (κ2) is 8.48. The summed E-state index contributed by atoms with van der Waals surface area (Å²) in [5.41, 5.74) is 2.84. The maximum atomic E-state index is 12.6. The molecule has 5 nitrogen and oxygen atoms in total. The summed E-state index contributed by atoms with van der Waals surface area (Å²) in [4.78, 5) is 23.6. The van der Waals surface area contributed by atoms with Crippen molar-refractivity contribution in [1.82, 2.24) is 5.32 Å². The highest BCUT2D eigenvalue weighted by Crippen LogP contribution is 2.28. The third kappa shape index (κ3) is 5.05. The van der Waals surface area contributed by atoms with Crippen LogP contribution in [0.5, 0.6) is 0 Å². The van der Waals surface area contributed by atoms with E-state index in [1.54, 1.807) is 0 Å². The van der Waals surface area contributed by atoms with Gasteiger partial charge in [0.25, 0.3) is 5.91 Å². The monoisotopic (exact) mass is 345 g/mol. The molecule has 0 bridgehead atoms. The molecule has 5 heteroatoms. The Labute approximate surface area is 148 Å². The van der Waals surface area contributed by atoms with E-state index in [0.29, 0.717) is 31.1 Å². The van der Waals surface area contributed by atoms with E-state index in [-0.39, 0.29) is 18.4 Å². The first kappa shape index (κ1) is 17.9. The van der Waals surface area contributed by atoms with Crippen LogP contribution in [-0.2, 0) is 22.7 Å². The summed E-state index contributed by atoms with van der Waals surface area (Å²) in [7, 11) is 0. The van der Waals surface area contributed by atoms with E-state index in [1.807, 2.05) is 18.2 Å². The van der Waals surface area contributed by atoms with Crippen molar-refractivity contribution in [2.24, 2.45) is 5.92 Å². The van der Waals surface area contributed by atoms with Crippen LogP contribution in [0, 0.1) is 5.92 Å². The molecule has 2 N–H and O–H groups in total. The van der Waals surface area contributed by atoms with E-state index >= 15 is 0 Å². The van der Waals surface area contributed by atoms with E-state index in [2.05, 4.69) is 5.32 Å². The molecule has 136 valence electrons. The molecular weight excluding hydrogens is 318 g/mol. The van der Waals surface area contributed by atoms with Crippen LogP contribution >= 0.6 is 0 Å². The van der Waals surface area contributed by atoms with Crippen molar-refractivity contribution in [3.05, 3.63) is 34.9 Å². The summed E-state index contributed by atoms with van der Waals surface area (Å²) in [6, 6.07) is 5.60. The fraction of sp³-hybridized carbons (Fsp3) is 0.600. The number of benzene rings is 1. The van der Waals surface area contributed by atoms with Gasteiger partial charge in [-0.25, -0.2) is 0 Å². The van der Waals surface area contributed by atoms with Gasteiger partial charge in [0.2, 0.25) is 0 Å². The Morgan fingerprint density at radius 1 is 1.16 bits per heavy atom. The molecule has 1 unspecified atom stereocenters. The number of rotatable bonds is 7. The van der Waals surface area contributed by atoms with Gasteiger partial charge in [0.1, 0.15) is 0 Å². The zero-order chi connectivity index (χ0) is 17.6. The van der Waals surface area contributed by atoms with Gasteiger partial charge in [0.15, 0.2) is 0 Å². The molecule has 0 spiro atoms. The molecule has 1 heterocycles. The number of nitrogens with one attached hydrogen (secondary N) is 1. The number of aliphatic carboxylic acids is 1. The molecule has 25 heavy (non-hydrogen) atoms. The first-order valence-electron chi connectivity index (χ1n) is 9.34. The van der Waals surface area contributed by atoms with Crippen LogP contribution in [0.15, 0.2) is 18.2 Å². The number of carboxylic acid groups (broad SMARTS) is 1. The minimum atomic E-state index is -0.808. The van der Waals surface area contributed by atoms with Gasteiger partial charge in [-0.3, -0.25) is 9.59 Å². The first-order chi connectivity index (χ1) is 12.1. The van der Waals surface area contributed by atoms with Crippen molar-refractivity contribution >= 4 is 11.9 Å². The summed E-state index contributed by atoms with van der Waals surface area (Å²) < 4.78 is 5.40. The predicted octanol–water partition coefficient (Wildman–Crippen LogP) is 3.65. The van der Waals surface area contributed by atoms with Gasteiger partial charge in [-0.2, -0.15) is 0 Å². The maximum Gasteiger partial charge on any atom is 0.303 e. The lowest BCUT2D eigenvalue weighted by Gasteiger charge is -2.27. The van der Waals surface area contributed by atoms with Crippen LogP contribution in [0.4, 0.5) is 0 Å². The molecule has 1 saturated carbocycles. The standard InChI is InChI=1S/C20H27NO4/c22-19(23)9-8-18(10-14-4-2-1-3-5-14)21-20(24)15-6-7-16-12-25-13-17(16)11-15/h6-7,11,14,18H,1-5,8-10,12-13H2,(H,21,24)(H,22,23). The molecule has 0 radical (unpaired) electrons. The van der Waals surface area contributed by atoms with Gasteiger partial charge in [0.05, 0.1) is 13.2 Å². The number of carboxylic acids is 1. The van der Waals surface area contributed by atoms with Gasteiger partial charge >= 0.3 is 5.97 Å². The summed E-state index contributed by atoms with van der Waals surface area (Å²) in [5, 5.41) is 12.1. The fourth-order valence-corrected chi connectivity index (χ4v) is 3.95. The van der Waals surface area contributed by atoms with Gasteiger partial charge in [-0.15, -0.1) is 0 Å². The highest BCUT2D eigenvalue weighted by Gasteiger charge is 2.22. The normalized spacial score (nSPS) is 18.6. The molecule has 0 saturated heterocycles. The number of carbonyl (C=O) groups is 2. The lowest BCUT2D eigenvalue weighted by molar-refractivity contribution is -0.137. The SMILES string of the molecule is O=C(O)CCC(CC1CCCCC1)NC(=O)c1ccc2c(c1)COC2. The predicted molar refractivity (Wildman–Crippen MR) is 94.3 cm³/mol. The van der Waals surface area contributed by atoms with Crippen molar-refractivity contribution in [3.63, 3.8) is 0 Å². The van der Waals surface area contributed by atoms with Crippen LogP contribution < -0.4 is 5.32 Å². The lowest BCUT2D eigenvalue weighted by atomic mass is 9.84.